The summed E-state index contributed by atoms with van der Waals surface area (Å²) in [5, 5.41) is 6.36. The SMILES string of the molecule is c1ccc2c(CNC3CCC3)cccc2c1. The average Bonchev–Trinajstić information content (AvgIpc) is 2.27. The minimum absolute atomic E-state index is 0.763. The molecule has 0 atom stereocenters. The normalized spacial score (nSPS) is 16.2. The number of hydrogen-bond donors (Lipinski definition) is 1. The molecular weight excluding hydrogens is 194 g/mol. The maximum Gasteiger partial charge on any atom is 0.0214 e. The van der Waals surface area contributed by atoms with Gasteiger partial charge in [-0.1, -0.05) is 48.9 Å². The molecule has 0 aliphatic heterocycles. The molecule has 0 amide bonds. The van der Waals surface area contributed by atoms with Crippen LogP contribution in [-0.4, -0.2) is 6.04 Å². The summed E-state index contributed by atoms with van der Waals surface area (Å²) < 4.78 is 0. The van der Waals surface area contributed by atoms with Crippen molar-refractivity contribution in [3.63, 3.8) is 0 Å². The average molecular weight is 211 g/mol. The molecule has 2 aromatic rings. The smallest absolute Gasteiger partial charge is 0.0214 e. The van der Waals surface area contributed by atoms with Crippen LogP contribution in [-0.2, 0) is 6.54 Å². The maximum atomic E-state index is 3.63. The summed E-state index contributed by atoms with van der Waals surface area (Å²) in [5.41, 5.74) is 1.42. The van der Waals surface area contributed by atoms with Crippen molar-refractivity contribution in [3.8, 4) is 0 Å². The maximum absolute atomic E-state index is 3.63. The lowest BCUT2D eigenvalue weighted by Crippen LogP contribution is -2.34. The van der Waals surface area contributed by atoms with Crippen LogP contribution in [0.15, 0.2) is 42.5 Å². The van der Waals surface area contributed by atoms with E-state index in [1.54, 1.807) is 0 Å². The molecule has 82 valence electrons. The molecule has 0 radical (unpaired) electrons. The molecule has 1 aliphatic rings. The second-order valence-corrected chi connectivity index (χ2v) is 4.65. The molecule has 0 heterocycles. The highest BCUT2D eigenvalue weighted by atomic mass is 14.9. The van der Waals surface area contributed by atoms with Crippen LogP contribution in [0.5, 0.6) is 0 Å². The predicted molar refractivity (Wildman–Crippen MR) is 68.4 cm³/mol. The van der Waals surface area contributed by atoms with E-state index in [1.165, 1.54) is 35.6 Å². The molecule has 3 rings (SSSR count). The van der Waals surface area contributed by atoms with Gasteiger partial charge in [0.25, 0.3) is 0 Å². The first-order valence-electron chi connectivity index (χ1n) is 6.13. The second-order valence-electron chi connectivity index (χ2n) is 4.65. The summed E-state index contributed by atoms with van der Waals surface area (Å²) in [5.74, 6) is 0. The van der Waals surface area contributed by atoms with Crippen LogP contribution >= 0.6 is 0 Å². The van der Waals surface area contributed by atoms with E-state index in [4.69, 9.17) is 0 Å². The lowest BCUT2D eigenvalue weighted by molar-refractivity contribution is 0.338. The van der Waals surface area contributed by atoms with Gasteiger partial charge in [-0.15, -0.1) is 0 Å². The lowest BCUT2D eigenvalue weighted by Gasteiger charge is -2.26. The van der Waals surface area contributed by atoms with Crippen molar-refractivity contribution in [2.24, 2.45) is 0 Å². The third-order valence-electron chi connectivity index (χ3n) is 3.57. The van der Waals surface area contributed by atoms with Crippen molar-refractivity contribution in [1.29, 1.82) is 0 Å². The first-order valence-corrected chi connectivity index (χ1v) is 6.13. The highest BCUT2D eigenvalue weighted by Crippen LogP contribution is 2.21. The Balaban J connectivity index is 1.84. The molecule has 1 saturated carbocycles. The fourth-order valence-electron chi connectivity index (χ4n) is 2.31. The van der Waals surface area contributed by atoms with Gasteiger partial charge in [-0.05, 0) is 29.2 Å². The Labute approximate surface area is 96.5 Å². The van der Waals surface area contributed by atoms with Crippen molar-refractivity contribution in [3.05, 3.63) is 48.0 Å². The van der Waals surface area contributed by atoms with Gasteiger partial charge in [0.15, 0.2) is 0 Å². The largest absolute Gasteiger partial charge is 0.310 e. The van der Waals surface area contributed by atoms with E-state index in [0.717, 1.165) is 12.6 Å². The van der Waals surface area contributed by atoms with E-state index < -0.39 is 0 Å². The standard InChI is InChI=1S/C15H17N/c1-2-10-15-12(5-1)6-3-7-13(15)11-16-14-8-4-9-14/h1-3,5-7,10,14,16H,4,8-9,11H2. The van der Waals surface area contributed by atoms with Crippen LogP contribution in [0.3, 0.4) is 0 Å². The van der Waals surface area contributed by atoms with Gasteiger partial charge in [0.2, 0.25) is 0 Å². The highest BCUT2D eigenvalue weighted by Gasteiger charge is 2.16. The third-order valence-corrected chi connectivity index (χ3v) is 3.57. The Hall–Kier alpha value is -1.34. The van der Waals surface area contributed by atoms with Crippen molar-refractivity contribution < 1.29 is 0 Å². The van der Waals surface area contributed by atoms with E-state index in [0.29, 0.717) is 0 Å². The molecule has 1 fully saturated rings. The zero-order valence-electron chi connectivity index (χ0n) is 9.45. The van der Waals surface area contributed by atoms with Crippen LogP contribution in [0.2, 0.25) is 0 Å². The fourth-order valence-corrected chi connectivity index (χ4v) is 2.31. The van der Waals surface area contributed by atoms with Crippen molar-refractivity contribution in [2.75, 3.05) is 0 Å². The topological polar surface area (TPSA) is 12.0 Å². The Kier molecular flexibility index (Phi) is 2.63. The molecule has 0 saturated heterocycles. The summed E-state index contributed by atoms with van der Waals surface area (Å²) in [7, 11) is 0. The molecule has 0 bridgehead atoms. The van der Waals surface area contributed by atoms with E-state index in [-0.39, 0.29) is 0 Å². The van der Waals surface area contributed by atoms with Gasteiger partial charge in [0, 0.05) is 12.6 Å². The highest BCUT2D eigenvalue weighted by molar-refractivity contribution is 5.85. The van der Waals surface area contributed by atoms with Gasteiger partial charge < -0.3 is 5.32 Å². The zero-order chi connectivity index (χ0) is 10.8. The molecule has 1 N–H and O–H groups in total. The number of nitrogens with one attached hydrogen (secondary N) is 1. The molecule has 2 aromatic carbocycles. The summed E-state index contributed by atoms with van der Waals surface area (Å²) in [6.07, 6.45) is 4.10. The van der Waals surface area contributed by atoms with Crippen molar-refractivity contribution in [1.82, 2.24) is 5.32 Å². The zero-order valence-corrected chi connectivity index (χ0v) is 9.45. The molecule has 0 spiro atoms. The number of benzene rings is 2. The molecule has 0 aromatic heterocycles. The Morgan fingerprint density at radius 2 is 1.81 bits per heavy atom. The van der Waals surface area contributed by atoms with Crippen molar-refractivity contribution in [2.45, 2.75) is 31.8 Å². The van der Waals surface area contributed by atoms with E-state index in [9.17, 15) is 0 Å². The fraction of sp³-hybridized carbons (Fsp3) is 0.333. The third kappa shape index (κ3) is 1.83. The van der Waals surface area contributed by atoms with Crippen LogP contribution in [0.25, 0.3) is 10.8 Å². The summed E-state index contributed by atoms with van der Waals surface area (Å²) in [6.45, 7) is 1.01. The van der Waals surface area contributed by atoms with Gasteiger partial charge in [-0.3, -0.25) is 0 Å². The van der Waals surface area contributed by atoms with Crippen molar-refractivity contribution >= 4 is 10.8 Å². The quantitative estimate of drug-likeness (QED) is 0.819. The van der Waals surface area contributed by atoms with Gasteiger partial charge in [-0.2, -0.15) is 0 Å². The van der Waals surface area contributed by atoms with Gasteiger partial charge in [-0.25, -0.2) is 0 Å². The molecule has 16 heavy (non-hydrogen) atoms. The second kappa shape index (κ2) is 4.26. The van der Waals surface area contributed by atoms with Gasteiger partial charge in [0.05, 0.1) is 0 Å². The molecule has 0 unspecified atom stereocenters. The van der Waals surface area contributed by atoms with Crippen LogP contribution < -0.4 is 5.32 Å². The van der Waals surface area contributed by atoms with Gasteiger partial charge in [0.1, 0.15) is 0 Å². The molecule has 1 nitrogen and oxygen atoms in total. The first kappa shape index (κ1) is 9.86. The number of hydrogen-bond acceptors (Lipinski definition) is 1. The van der Waals surface area contributed by atoms with Gasteiger partial charge >= 0.3 is 0 Å². The minimum Gasteiger partial charge on any atom is -0.310 e. The lowest BCUT2D eigenvalue weighted by atomic mass is 9.93. The monoisotopic (exact) mass is 211 g/mol. The molecule has 1 aliphatic carbocycles. The van der Waals surface area contributed by atoms with E-state index in [2.05, 4.69) is 47.8 Å². The Morgan fingerprint density at radius 1 is 1.00 bits per heavy atom. The van der Waals surface area contributed by atoms with Crippen LogP contribution in [0, 0.1) is 0 Å². The first-order chi connectivity index (χ1) is 7.93. The van der Waals surface area contributed by atoms with E-state index >= 15 is 0 Å². The molecular formula is C15H17N. The molecule has 1 heteroatoms. The Morgan fingerprint density at radius 3 is 2.62 bits per heavy atom. The van der Waals surface area contributed by atoms with Crippen LogP contribution in [0.1, 0.15) is 24.8 Å². The van der Waals surface area contributed by atoms with E-state index in [1.807, 2.05) is 0 Å². The number of fused-ring (bicyclic) bond motifs is 1. The predicted octanol–water partition coefficient (Wildman–Crippen LogP) is 3.48. The number of rotatable bonds is 3. The summed E-state index contributed by atoms with van der Waals surface area (Å²) in [4.78, 5) is 0. The summed E-state index contributed by atoms with van der Waals surface area (Å²) >= 11 is 0. The minimum atomic E-state index is 0.763. The Bertz CT molecular complexity index is 480. The summed E-state index contributed by atoms with van der Waals surface area (Å²) in [6, 6.07) is 15.9. The van der Waals surface area contributed by atoms with Crippen LogP contribution in [0.4, 0.5) is 0 Å².